The summed E-state index contributed by atoms with van der Waals surface area (Å²) in [4.78, 5) is 17.2. The zero-order valence-electron chi connectivity index (χ0n) is 18.9. The van der Waals surface area contributed by atoms with E-state index in [1.54, 1.807) is 4.68 Å². The van der Waals surface area contributed by atoms with Gasteiger partial charge in [0, 0.05) is 29.7 Å². The van der Waals surface area contributed by atoms with Crippen molar-refractivity contribution in [2.45, 2.75) is 40.7 Å². The van der Waals surface area contributed by atoms with Crippen molar-refractivity contribution in [3.05, 3.63) is 66.0 Å². The van der Waals surface area contributed by atoms with Gasteiger partial charge in [-0.15, -0.1) is 0 Å². The molecule has 0 atom stereocenters. The lowest BCUT2D eigenvalue weighted by Gasteiger charge is -2.15. The van der Waals surface area contributed by atoms with Crippen LogP contribution in [0, 0.1) is 12.3 Å². The van der Waals surface area contributed by atoms with Crippen LogP contribution in [0.1, 0.15) is 38.3 Å². The van der Waals surface area contributed by atoms with Gasteiger partial charge in [-0.1, -0.05) is 67.4 Å². The first kappa shape index (κ1) is 20.9. The summed E-state index contributed by atoms with van der Waals surface area (Å²) in [5.41, 5.74) is 6.29. The van der Waals surface area contributed by atoms with Crippen molar-refractivity contribution >= 4 is 28.1 Å². The van der Waals surface area contributed by atoms with Crippen LogP contribution in [0.3, 0.4) is 0 Å². The molecule has 0 unspecified atom stereocenters. The molecule has 2 heterocycles. The number of aromatic nitrogens is 1. The number of nitrogens with zero attached hydrogens (tertiary/aromatic N) is 3. The molecule has 0 saturated heterocycles. The van der Waals surface area contributed by atoms with Gasteiger partial charge in [-0.25, -0.2) is 0 Å². The van der Waals surface area contributed by atoms with Crippen LogP contribution in [0.15, 0.2) is 60.0 Å². The Hall–Kier alpha value is -3.34. The third-order valence-electron chi connectivity index (χ3n) is 5.80. The summed E-state index contributed by atoms with van der Waals surface area (Å²) in [6.45, 7) is 8.90. The first-order valence-corrected chi connectivity index (χ1v) is 10.6. The van der Waals surface area contributed by atoms with Gasteiger partial charge in [-0.3, -0.25) is 9.78 Å². The maximum Gasteiger partial charge on any atom is 0.314 e. The van der Waals surface area contributed by atoms with Gasteiger partial charge < -0.3 is 5.32 Å². The van der Waals surface area contributed by atoms with Gasteiger partial charge in [0.1, 0.15) is 5.71 Å². The van der Waals surface area contributed by atoms with E-state index in [1.165, 1.54) is 16.7 Å². The number of hydrogen-bond donors (Lipinski definition) is 1. The van der Waals surface area contributed by atoms with Crippen LogP contribution < -0.4 is 5.32 Å². The zero-order chi connectivity index (χ0) is 22.2. The highest BCUT2D eigenvalue weighted by atomic mass is 16.2. The Morgan fingerprint density at radius 1 is 1.13 bits per heavy atom. The van der Waals surface area contributed by atoms with E-state index in [2.05, 4.69) is 79.5 Å². The number of benzene rings is 2. The van der Waals surface area contributed by atoms with Crippen molar-refractivity contribution in [2.24, 2.45) is 10.5 Å². The minimum atomic E-state index is -0.0784. The van der Waals surface area contributed by atoms with Crippen molar-refractivity contribution in [3.63, 3.8) is 0 Å². The number of carbonyl (C=O) groups is 1. The number of carbonyl (C=O) groups excluding carboxylic acids is 1. The summed E-state index contributed by atoms with van der Waals surface area (Å²) < 4.78 is 1.70. The van der Waals surface area contributed by atoms with Crippen LogP contribution >= 0.6 is 0 Å². The molecule has 0 radical (unpaired) electrons. The monoisotopic (exact) mass is 413 g/mol. The molecule has 0 aliphatic carbocycles. The maximum atomic E-state index is 12.9. The van der Waals surface area contributed by atoms with E-state index in [0.29, 0.717) is 18.7 Å². The fourth-order valence-electron chi connectivity index (χ4n) is 3.94. The normalized spacial score (nSPS) is 14.2. The Labute approximate surface area is 183 Å². The highest BCUT2D eigenvalue weighted by Crippen LogP contribution is 2.31. The average molecular weight is 414 g/mol. The molecule has 1 aliphatic rings. The molecule has 5 nitrogen and oxygen atoms in total. The highest BCUT2D eigenvalue weighted by Gasteiger charge is 2.35. The Morgan fingerprint density at radius 3 is 2.65 bits per heavy atom. The summed E-state index contributed by atoms with van der Waals surface area (Å²) in [7, 11) is 1.84. The van der Waals surface area contributed by atoms with E-state index in [0.717, 1.165) is 22.0 Å². The maximum absolute atomic E-state index is 12.9. The number of pyridine rings is 1. The van der Waals surface area contributed by atoms with E-state index in [-0.39, 0.29) is 11.3 Å². The van der Waals surface area contributed by atoms with Crippen LogP contribution in [0.25, 0.3) is 21.9 Å². The first-order valence-electron chi connectivity index (χ1n) is 10.6. The molecule has 5 heteroatoms. The van der Waals surface area contributed by atoms with Gasteiger partial charge in [0.2, 0.25) is 0 Å². The molecule has 1 aromatic heterocycles. The molecule has 0 fully saturated rings. The van der Waals surface area contributed by atoms with Crippen molar-refractivity contribution in [1.82, 2.24) is 10.3 Å². The molecular formula is C26H29N4O+. The van der Waals surface area contributed by atoms with Gasteiger partial charge >= 0.3 is 5.91 Å². The van der Waals surface area contributed by atoms with Crippen LogP contribution in [-0.4, -0.2) is 34.0 Å². The van der Waals surface area contributed by atoms with Gasteiger partial charge in [-0.05, 0) is 40.2 Å². The number of hydrogen-bond acceptors (Lipinski definition) is 3. The number of nitrogens with one attached hydrogen (secondary N) is 1. The molecule has 0 spiro atoms. The van der Waals surface area contributed by atoms with Crippen LogP contribution in [0.5, 0.6) is 0 Å². The lowest BCUT2D eigenvalue weighted by molar-refractivity contribution is -0.498. The molecule has 4 rings (SSSR count). The zero-order valence-corrected chi connectivity index (χ0v) is 18.9. The lowest BCUT2D eigenvalue weighted by atomic mass is 9.87. The predicted molar refractivity (Wildman–Crippen MR) is 126 cm³/mol. The Bertz CT molecular complexity index is 1230. The molecule has 1 N–H and O–H groups in total. The fraction of sp³-hybridized carbons (Fsp3) is 0.308. The SMILES string of the molecule is Cc1cccc(-c2ccc(CNC(=O)C3=[N+](C)N=C(C(C)(C)C)C3)c3cnccc23)c1. The van der Waals surface area contributed by atoms with E-state index >= 15 is 0 Å². The number of fused-ring (bicyclic) bond motifs is 1. The van der Waals surface area contributed by atoms with Gasteiger partial charge in [0.05, 0.1) is 6.42 Å². The highest BCUT2D eigenvalue weighted by molar-refractivity contribution is 6.41. The second-order valence-corrected chi connectivity index (χ2v) is 9.19. The first-order chi connectivity index (χ1) is 14.7. The summed E-state index contributed by atoms with van der Waals surface area (Å²) >= 11 is 0. The third-order valence-corrected chi connectivity index (χ3v) is 5.80. The van der Waals surface area contributed by atoms with Crippen molar-refractivity contribution < 1.29 is 9.48 Å². The molecule has 3 aromatic rings. The number of rotatable bonds is 4. The van der Waals surface area contributed by atoms with E-state index in [4.69, 9.17) is 0 Å². The minimum Gasteiger partial charge on any atom is -0.343 e. The lowest BCUT2D eigenvalue weighted by Crippen LogP contribution is -2.34. The van der Waals surface area contributed by atoms with E-state index in [1.807, 2.05) is 25.5 Å². The van der Waals surface area contributed by atoms with Gasteiger partial charge in [-0.2, -0.15) is 0 Å². The summed E-state index contributed by atoms with van der Waals surface area (Å²) in [6.07, 6.45) is 4.28. The summed E-state index contributed by atoms with van der Waals surface area (Å²) in [5, 5.41) is 9.84. The van der Waals surface area contributed by atoms with E-state index < -0.39 is 0 Å². The Balaban J connectivity index is 1.57. The van der Waals surface area contributed by atoms with Crippen LogP contribution in [0.2, 0.25) is 0 Å². The number of aryl methyl sites for hydroxylation is 1. The molecular weight excluding hydrogens is 384 g/mol. The van der Waals surface area contributed by atoms with Crippen LogP contribution in [0.4, 0.5) is 0 Å². The smallest absolute Gasteiger partial charge is 0.314 e. The standard InChI is InChI=1S/C26H28N4O/c1-17-7-6-8-18(13-17)20-10-9-19(22-16-27-12-11-21(20)22)15-28-25(31)23-14-24(26(2,3)4)29-30(23)5/h6-13,16H,14-15H2,1-5H3/p+1. The van der Waals surface area contributed by atoms with Crippen molar-refractivity contribution in [1.29, 1.82) is 0 Å². The molecule has 31 heavy (non-hydrogen) atoms. The average Bonchev–Trinajstić information content (AvgIpc) is 3.14. The minimum absolute atomic E-state index is 0.0518. The van der Waals surface area contributed by atoms with Crippen LogP contribution in [-0.2, 0) is 11.3 Å². The molecule has 0 bridgehead atoms. The van der Waals surface area contributed by atoms with Crippen molar-refractivity contribution in [3.8, 4) is 11.1 Å². The molecule has 158 valence electrons. The molecule has 0 saturated carbocycles. The Kier molecular flexibility index (Phi) is 5.44. The predicted octanol–water partition coefficient (Wildman–Crippen LogP) is 4.72. The third kappa shape index (κ3) is 4.26. The molecule has 1 amide bonds. The molecule has 1 aliphatic heterocycles. The second kappa shape index (κ2) is 8.06. The summed E-state index contributed by atoms with van der Waals surface area (Å²) in [5.74, 6) is -0.0784. The van der Waals surface area contributed by atoms with Crippen molar-refractivity contribution in [2.75, 3.05) is 7.05 Å². The van der Waals surface area contributed by atoms with E-state index in [9.17, 15) is 4.79 Å². The second-order valence-electron chi connectivity index (χ2n) is 9.19. The van der Waals surface area contributed by atoms with Gasteiger partial charge in [0.15, 0.2) is 7.05 Å². The summed E-state index contributed by atoms with van der Waals surface area (Å²) in [6, 6.07) is 14.8. The topological polar surface area (TPSA) is 57.4 Å². The Morgan fingerprint density at radius 2 is 1.94 bits per heavy atom. The number of amides is 1. The quantitative estimate of drug-likeness (QED) is 0.630. The molecule has 2 aromatic carbocycles. The fourth-order valence-corrected chi connectivity index (χ4v) is 3.94. The van der Waals surface area contributed by atoms with Gasteiger partial charge in [0.25, 0.3) is 5.71 Å². The number of hydrazone groups is 1. The largest absolute Gasteiger partial charge is 0.343 e.